The quantitative estimate of drug-likeness (QED) is 0.578. The molecule has 0 bridgehead atoms. The lowest BCUT2D eigenvalue weighted by molar-refractivity contribution is 0.171. The zero-order valence-corrected chi connectivity index (χ0v) is 17.3. The molecule has 1 unspecified atom stereocenters. The first-order valence-corrected chi connectivity index (χ1v) is 11.1. The molecule has 1 N–H and O–H groups in total. The van der Waals surface area contributed by atoms with Gasteiger partial charge in [0.15, 0.2) is 0 Å². The van der Waals surface area contributed by atoms with Crippen LogP contribution in [0.2, 0.25) is 0 Å². The summed E-state index contributed by atoms with van der Waals surface area (Å²) in [4.78, 5) is 15.0. The molecule has 0 spiro atoms. The van der Waals surface area contributed by atoms with Crippen LogP contribution in [0.5, 0.6) is 0 Å². The number of anilines is 1. The summed E-state index contributed by atoms with van der Waals surface area (Å²) < 4.78 is 0. The number of urea groups is 1. The van der Waals surface area contributed by atoms with Gasteiger partial charge in [-0.25, -0.2) is 4.79 Å². The van der Waals surface area contributed by atoms with Crippen molar-refractivity contribution in [3.05, 3.63) is 101 Å². The fourth-order valence-corrected chi connectivity index (χ4v) is 5.27. The summed E-state index contributed by atoms with van der Waals surface area (Å²) >= 11 is 0. The molecule has 2 aliphatic rings. The number of para-hydroxylation sites is 1. The number of amides is 2. The number of nitrogens with zero attached hydrogens (tertiary/aromatic N) is 1. The van der Waals surface area contributed by atoms with Gasteiger partial charge in [0.05, 0.1) is 0 Å². The van der Waals surface area contributed by atoms with E-state index in [0.717, 1.165) is 44.5 Å². The lowest BCUT2D eigenvalue weighted by Crippen LogP contribution is -2.44. The van der Waals surface area contributed by atoms with Crippen molar-refractivity contribution in [3.63, 3.8) is 0 Å². The topological polar surface area (TPSA) is 32.3 Å². The Morgan fingerprint density at radius 1 is 0.800 bits per heavy atom. The molecule has 3 aromatic carbocycles. The molecule has 3 heteroatoms. The minimum absolute atomic E-state index is 0.0149. The van der Waals surface area contributed by atoms with Gasteiger partial charge in [-0.2, -0.15) is 0 Å². The highest BCUT2D eigenvalue weighted by molar-refractivity contribution is 5.89. The molecule has 1 saturated heterocycles. The minimum Gasteiger partial charge on any atom is -0.324 e. The monoisotopic (exact) mass is 396 g/mol. The van der Waals surface area contributed by atoms with E-state index in [1.807, 2.05) is 35.2 Å². The second-order valence-electron chi connectivity index (χ2n) is 8.52. The molecular weight excluding hydrogens is 368 g/mol. The molecule has 1 aliphatic carbocycles. The van der Waals surface area contributed by atoms with Gasteiger partial charge in [-0.05, 0) is 66.0 Å². The van der Waals surface area contributed by atoms with Crippen molar-refractivity contribution in [2.24, 2.45) is 5.92 Å². The van der Waals surface area contributed by atoms with Gasteiger partial charge in [-0.1, -0.05) is 66.7 Å². The largest absolute Gasteiger partial charge is 0.324 e. The smallest absolute Gasteiger partial charge is 0.321 e. The molecule has 1 heterocycles. The van der Waals surface area contributed by atoms with Crippen LogP contribution in [0.25, 0.3) is 0 Å². The third kappa shape index (κ3) is 3.72. The zero-order valence-electron chi connectivity index (χ0n) is 17.3. The lowest BCUT2D eigenvalue weighted by Gasteiger charge is -2.38. The summed E-state index contributed by atoms with van der Waals surface area (Å²) in [6, 6.07) is 27.6. The van der Waals surface area contributed by atoms with Crippen molar-refractivity contribution in [1.82, 2.24) is 4.90 Å². The Bertz CT molecular complexity index is 982. The third-order valence-electron chi connectivity index (χ3n) is 6.69. The summed E-state index contributed by atoms with van der Waals surface area (Å²) in [6.45, 7) is 1.62. The molecule has 1 aliphatic heterocycles. The molecular formula is C27H28N2O. The van der Waals surface area contributed by atoms with Gasteiger partial charge in [0.25, 0.3) is 0 Å². The molecule has 3 nitrogen and oxygen atoms in total. The highest BCUT2D eigenvalue weighted by Gasteiger charge is 2.34. The van der Waals surface area contributed by atoms with Crippen LogP contribution < -0.4 is 5.32 Å². The fourth-order valence-electron chi connectivity index (χ4n) is 5.27. The van der Waals surface area contributed by atoms with Crippen molar-refractivity contribution >= 4 is 11.7 Å². The van der Waals surface area contributed by atoms with Gasteiger partial charge in [0.2, 0.25) is 0 Å². The number of fused-ring (bicyclic) bond motifs is 2. The summed E-state index contributed by atoms with van der Waals surface area (Å²) in [5.41, 5.74) is 6.69. The Hall–Kier alpha value is -3.07. The first-order chi connectivity index (χ1) is 14.8. The fraction of sp³-hybridized carbons (Fsp3) is 0.296. The van der Waals surface area contributed by atoms with Gasteiger partial charge in [-0.15, -0.1) is 0 Å². The van der Waals surface area contributed by atoms with Crippen molar-refractivity contribution in [2.75, 3.05) is 18.4 Å². The molecule has 0 saturated carbocycles. The maximum absolute atomic E-state index is 13.0. The highest BCUT2D eigenvalue weighted by atomic mass is 16.2. The van der Waals surface area contributed by atoms with E-state index in [-0.39, 0.29) is 6.03 Å². The van der Waals surface area contributed by atoms with E-state index in [4.69, 9.17) is 0 Å². The van der Waals surface area contributed by atoms with Crippen molar-refractivity contribution in [2.45, 2.75) is 31.6 Å². The Morgan fingerprint density at radius 3 is 2.07 bits per heavy atom. The van der Waals surface area contributed by atoms with E-state index in [9.17, 15) is 4.79 Å². The van der Waals surface area contributed by atoms with E-state index < -0.39 is 0 Å². The van der Waals surface area contributed by atoms with Gasteiger partial charge in [-0.3, -0.25) is 0 Å². The van der Waals surface area contributed by atoms with Crippen LogP contribution >= 0.6 is 0 Å². The van der Waals surface area contributed by atoms with Crippen LogP contribution in [-0.2, 0) is 12.8 Å². The van der Waals surface area contributed by atoms with Crippen molar-refractivity contribution in [1.29, 1.82) is 0 Å². The number of piperidine rings is 1. The number of aryl methyl sites for hydroxylation is 2. The SMILES string of the molecule is O=C(Nc1ccccc1)N1CCCC(C2c3ccccc3CCc3ccccc32)C1. The average Bonchev–Trinajstić information content (AvgIpc) is 2.97. The van der Waals surface area contributed by atoms with Gasteiger partial charge < -0.3 is 10.2 Å². The van der Waals surface area contributed by atoms with Gasteiger partial charge in [0, 0.05) is 24.7 Å². The number of carbonyl (C=O) groups excluding carboxylic acids is 1. The van der Waals surface area contributed by atoms with E-state index in [0.29, 0.717) is 11.8 Å². The molecule has 1 atom stereocenters. The zero-order chi connectivity index (χ0) is 20.3. The summed E-state index contributed by atoms with van der Waals surface area (Å²) in [5.74, 6) is 0.785. The Balaban J connectivity index is 1.44. The normalized spacial score (nSPS) is 18.8. The van der Waals surface area contributed by atoms with Crippen LogP contribution in [-0.4, -0.2) is 24.0 Å². The van der Waals surface area contributed by atoms with E-state index in [1.165, 1.54) is 22.3 Å². The second kappa shape index (κ2) is 8.35. The summed E-state index contributed by atoms with van der Waals surface area (Å²) in [5, 5.41) is 3.07. The number of hydrogen-bond acceptors (Lipinski definition) is 1. The number of nitrogens with one attached hydrogen (secondary N) is 1. The number of rotatable bonds is 2. The molecule has 1 fully saturated rings. The van der Waals surface area contributed by atoms with E-state index in [2.05, 4.69) is 53.8 Å². The van der Waals surface area contributed by atoms with Gasteiger partial charge >= 0.3 is 6.03 Å². The maximum atomic E-state index is 13.0. The average molecular weight is 397 g/mol. The molecule has 152 valence electrons. The number of hydrogen-bond donors (Lipinski definition) is 1. The molecule has 30 heavy (non-hydrogen) atoms. The predicted octanol–water partition coefficient (Wildman–Crippen LogP) is 5.86. The Labute approximate surface area is 178 Å². The summed E-state index contributed by atoms with van der Waals surface area (Å²) in [7, 11) is 0. The Morgan fingerprint density at radius 2 is 1.40 bits per heavy atom. The molecule has 5 rings (SSSR count). The molecule has 0 aromatic heterocycles. The van der Waals surface area contributed by atoms with Crippen LogP contribution in [0.4, 0.5) is 10.5 Å². The van der Waals surface area contributed by atoms with Crippen molar-refractivity contribution in [3.8, 4) is 0 Å². The Kier molecular flexibility index (Phi) is 5.27. The standard InChI is InChI=1S/C27H28N2O/c30-27(28-23-12-2-1-3-13-23)29-18-8-11-22(19-29)26-24-14-6-4-9-20(24)16-17-21-10-5-7-15-25(21)26/h1-7,9-10,12-15,22,26H,8,11,16-19H2,(H,28,30). The summed E-state index contributed by atoms with van der Waals surface area (Å²) in [6.07, 6.45) is 4.39. The molecule has 0 radical (unpaired) electrons. The maximum Gasteiger partial charge on any atom is 0.321 e. The highest BCUT2D eigenvalue weighted by Crippen LogP contribution is 2.42. The number of likely N-dealkylation sites (tertiary alicyclic amines) is 1. The van der Waals surface area contributed by atoms with E-state index >= 15 is 0 Å². The van der Waals surface area contributed by atoms with Crippen LogP contribution in [0.1, 0.15) is 41.0 Å². The second-order valence-corrected chi connectivity index (χ2v) is 8.52. The molecule has 3 aromatic rings. The predicted molar refractivity (Wildman–Crippen MR) is 122 cm³/mol. The number of benzene rings is 3. The lowest BCUT2D eigenvalue weighted by atomic mass is 9.75. The van der Waals surface area contributed by atoms with Crippen LogP contribution in [0, 0.1) is 5.92 Å². The van der Waals surface area contributed by atoms with E-state index in [1.54, 1.807) is 0 Å². The minimum atomic E-state index is 0.0149. The van der Waals surface area contributed by atoms with Crippen LogP contribution in [0.3, 0.4) is 0 Å². The van der Waals surface area contributed by atoms with Crippen molar-refractivity contribution < 1.29 is 4.79 Å². The first-order valence-electron chi connectivity index (χ1n) is 11.1. The van der Waals surface area contributed by atoms with Crippen LogP contribution in [0.15, 0.2) is 78.9 Å². The molecule has 2 amide bonds. The van der Waals surface area contributed by atoms with Gasteiger partial charge in [0.1, 0.15) is 0 Å². The first kappa shape index (κ1) is 18.9. The third-order valence-corrected chi connectivity index (χ3v) is 6.69. The number of carbonyl (C=O) groups is 1.